The standard InChI is InChI=1S/C21H24N2O5/c1-27-18-6-5-17(12-19(18)28-13-14-7-9-22-10-8-14)23-20(24)15-3-2-4-16(11-15)21(25)26/h5-10,12,15-16H,2-4,11,13H2,1H3,(H,23,24)(H,25,26). The summed E-state index contributed by atoms with van der Waals surface area (Å²) < 4.78 is 11.2. The Labute approximate surface area is 163 Å². The topological polar surface area (TPSA) is 97.8 Å². The maximum Gasteiger partial charge on any atom is 0.306 e. The summed E-state index contributed by atoms with van der Waals surface area (Å²) in [6, 6.07) is 8.92. The second-order valence-electron chi connectivity index (χ2n) is 6.90. The molecule has 1 aromatic heterocycles. The van der Waals surface area contributed by atoms with Gasteiger partial charge in [0.05, 0.1) is 13.0 Å². The number of methoxy groups -OCH3 is 1. The summed E-state index contributed by atoms with van der Waals surface area (Å²) in [6.07, 6.45) is 5.86. The van der Waals surface area contributed by atoms with E-state index in [4.69, 9.17) is 9.47 Å². The van der Waals surface area contributed by atoms with Gasteiger partial charge in [-0.05, 0) is 49.1 Å². The van der Waals surface area contributed by atoms with Crippen molar-refractivity contribution < 1.29 is 24.2 Å². The number of nitrogens with zero attached hydrogens (tertiary/aromatic N) is 1. The van der Waals surface area contributed by atoms with Gasteiger partial charge in [0.15, 0.2) is 11.5 Å². The smallest absolute Gasteiger partial charge is 0.306 e. The Hall–Kier alpha value is -3.09. The van der Waals surface area contributed by atoms with Crippen molar-refractivity contribution in [1.29, 1.82) is 0 Å². The number of amides is 1. The molecule has 2 atom stereocenters. The Morgan fingerprint density at radius 1 is 1.14 bits per heavy atom. The average Bonchev–Trinajstić information content (AvgIpc) is 2.73. The van der Waals surface area contributed by atoms with Crippen LogP contribution in [0.3, 0.4) is 0 Å². The lowest BCUT2D eigenvalue weighted by Crippen LogP contribution is -2.30. The number of benzene rings is 1. The minimum absolute atomic E-state index is 0.156. The zero-order valence-corrected chi connectivity index (χ0v) is 15.8. The van der Waals surface area contributed by atoms with Crippen LogP contribution in [0.4, 0.5) is 5.69 Å². The largest absolute Gasteiger partial charge is 0.493 e. The van der Waals surface area contributed by atoms with E-state index in [-0.39, 0.29) is 11.8 Å². The molecule has 2 aromatic rings. The van der Waals surface area contributed by atoms with Gasteiger partial charge in [0, 0.05) is 30.1 Å². The highest BCUT2D eigenvalue weighted by Gasteiger charge is 2.31. The summed E-state index contributed by atoms with van der Waals surface area (Å²) in [5.41, 5.74) is 1.56. The summed E-state index contributed by atoms with van der Waals surface area (Å²) >= 11 is 0. The molecule has 0 bridgehead atoms. The molecule has 28 heavy (non-hydrogen) atoms. The van der Waals surface area contributed by atoms with Crippen LogP contribution in [0.1, 0.15) is 31.2 Å². The van der Waals surface area contributed by atoms with Crippen LogP contribution in [0.5, 0.6) is 11.5 Å². The van der Waals surface area contributed by atoms with E-state index in [1.165, 1.54) is 0 Å². The Kier molecular flexibility index (Phi) is 6.47. The highest BCUT2D eigenvalue weighted by atomic mass is 16.5. The number of carboxylic acids is 1. The molecule has 3 rings (SSSR count). The molecule has 148 valence electrons. The van der Waals surface area contributed by atoms with Crippen molar-refractivity contribution in [2.75, 3.05) is 12.4 Å². The van der Waals surface area contributed by atoms with Crippen molar-refractivity contribution in [3.8, 4) is 11.5 Å². The lowest BCUT2D eigenvalue weighted by Gasteiger charge is -2.25. The van der Waals surface area contributed by atoms with E-state index in [9.17, 15) is 14.7 Å². The lowest BCUT2D eigenvalue weighted by atomic mass is 9.81. The van der Waals surface area contributed by atoms with Crippen molar-refractivity contribution in [3.63, 3.8) is 0 Å². The molecule has 1 heterocycles. The van der Waals surface area contributed by atoms with Crippen LogP contribution in [0.25, 0.3) is 0 Å². The quantitative estimate of drug-likeness (QED) is 0.758. The third-order valence-corrected chi connectivity index (χ3v) is 4.97. The summed E-state index contributed by atoms with van der Waals surface area (Å²) in [6.45, 7) is 0.346. The van der Waals surface area contributed by atoms with Gasteiger partial charge in [0.1, 0.15) is 6.61 Å². The average molecular weight is 384 g/mol. The van der Waals surface area contributed by atoms with Crippen LogP contribution in [0.2, 0.25) is 0 Å². The number of rotatable bonds is 7. The molecule has 1 aliphatic carbocycles. The second-order valence-corrected chi connectivity index (χ2v) is 6.90. The van der Waals surface area contributed by atoms with E-state index in [0.29, 0.717) is 43.1 Å². The molecule has 1 amide bonds. The molecule has 0 aliphatic heterocycles. The summed E-state index contributed by atoms with van der Waals surface area (Å²) in [4.78, 5) is 27.8. The second kappa shape index (κ2) is 9.21. The molecule has 1 aliphatic rings. The third-order valence-electron chi connectivity index (χ3n) is 4.97. The number of carbonyl (C=O) groups excluding carboxylic acids is 1. The SMILES string of the molecule is COc1ccc(NC(=O)C2CCCC(C(=O)O)C2)cc1OCc1ccncc1. The highest BCUT2D eigenvalue weighted by molar-refractivity contribution is 5.93. The van der Waals surface area contributed by atoms with Gasteiger partial charge in [-0.25, -0.2) is 0 Å². The number of hydrogen-bond acceptors (Lipinski definition) is 5. The lowest BCUT2D eigenvalue weighted by molar-refractivity contribution is -0.143. The summed E-state index contributed by atoms with van der Waals surface area (Å²) in [7, 11) is 1.56. The Morgan fingerprint density at radius 2 is 1.89 bits per heavy atom. The number of pyridine rings is 1. The zero-order chi connectivity index (χ0) is 19.9. The van der Waals surface area contributed by atoms with Gasteiger partial charge in [-0.15, -0.1) is 0 Å². The molecule has 0 spiro atoms. The van der Waals surface area contributed by atoms with E-state index >= 15 is 0 Å². The fourth-order valence-corrected chi connectivity index (χ4v) is 3.40. The molecule has 0 radical (unpaired) electrons. The number of carbonyl (C=O) groups is 2. The van der Waals surface area contributed by atoms with E-state index in [1.54, 1.807) is 37.7 Å². The van der Waals surface area contributed by atoms with Gasteiger partial charge in [-0.2, -0.15) is 0 Å². The van der Waals surface area contributed by atoms with Crippen molar-refractivity contribution in [2.45, 2.75) is 32.3 Å². The maximum absolute atomic E-state index is 12.6. The first-order chi connectivity index (χ1) is 13.6. The number of nitrogens with one attached hydrogen (secondary N) is 1. The van der Waals surface area contributed by atoms with E-state index in [0.717, 1.165) is 12.0 Å². The first-order valence-electron chi connectivity index (χ1n) is 9.30. The fraction of sp³-hybridized carbons (Fsp3) is 0.381. The number of aromatic nitrogens is 1. The minimum atomic E-state index is -0.825. The van der Waals surface area contributed by atoms with Crippen LogP contribution in [0, 0.1) is 11.8 Å². The molecular weight excluding hydrogens is 360 g/mol. The molecule has 0 saturated heterocycles. The van der Waals surface area contributed by atoms with Gasteiger partial charge < -0.3 is 19.9 Å². The fourth-order valence-electron chi connectivity index (χ4n) is 3.40. The number of hydrogen-bond donors (Lipinski definition) is 2. The normalized spacial score (nSPS) is 18.9. The molecule has 2 N–H and O–H groups in total. The van der Waals surface area contributed by atoms with Crippen LogP contribution < -0.4 is 14.8 Å². The van der Waals surface area contributed by atoms with Crippen molar-refractivity contribution in [3.05, 3.63) is 48.3 Å². The number of aliphatic carboxylic acids is 1. The molecule has 7 heteroatoms. The van der Waals surface area contributed by atoms with Gasteiger partial charge in [0.2, 0.25) is 5.91 Å². The highest BCUT2D eigenvalue weighted by Crippen LogP contribution is 2.33. The third kappa shape index (κ3) is 5.00. The van der Waals surface area contributed by atoms with Crippen molar-refractivity contribution in [1.82, 2.24) is 4.98 Å². The predicted molar refractivity (Wildman–Crippen MR) is 103 cm³/mol. The Bertz CT molecular complexity index is 825. The first-order valence-corrected chi connectivity index (χ1v) is 9.30. The number of anilines is 1. The van der Waals surface area contributed by atoms with Gasteiger partial charge in [0.25, 0.3) is 0 Å². The van der Waals surface area contributed by atoms with E-state index in [1.807, 2.05) is 12.1 Å². The number of carboxylic acid groups (broad SMARTS) is 1. The monoisotopic (exact) mass is 384 g/mol. The molecule has 1 aromatic carbocycles. The van der Waals surface area contributed by atoms with Crippen LogP contribution in [-0.4, -0.2) is 29.1 Å². The van der Waals surface area contributed by atoms with Gasteiger partial charge in [-0.3, -0.25) is 14.6 Å². The van der Waals surface area contributed by atoms with Crippen LogP contribution >= 0.6 is 0 Å². The summed E-state index contributed by atoms with van der Waals surface area (Å²) in [5.74, 6) is -0.637. The zero-order valence-electron chi connectivity index (χ0n) is 15.8. The molecule has 2 unspecified atom stereocenters. The molecular formula is C21H24N2O5. The summed E-state index contributed by atoms with van der Waals surface area (Å²) in [5, 5.41) is 12.1. The van der Waals surface area contributed by atoms with Crippen LogP contribution in [-0.2, 0) is 16.2 Å². The first kappa shape index (κ1) is 19.7. The molecule has 1 saturated carbocycles. The van der Waals surface area contributed by atoms with E-state index < -0.39 is 11.9 Å². The Morgan fingerprint density at radius 3 is 2.61 bits per heavy atom. The van der Waals surface area contributed by atoms with Gasteiger partial charge >= 0.3 is 5.97 Å². The van der Waals surface area contributed by atoms with Crippen molar-refractivity contribution in [2.24, 2.45) is 11.8 Å². The minimum Gasteiger partial charge on any atom is -0.493 e. The maximum atomic E-state index is 12.6. The predicted octanol–water partition coefficient (Wildman–Crippen LogP) is 3.50. The Balaban J connectivity index is 1.66. The molecule has 1 fully saturated rings. The van der Waals surface area contributed by atoms with Crippen molar-refractivity contribution >= 4 is 17.6 Å². The molecule has 7 nitrogen and oxygen atoms in total. The van der Waals surface area contributed by atoms with E-state index in [2.05, 4.69) is 10.3 Å². The van der Waals surface area contributed by atoms with Crippen LogP contribution in [0.15, 0.2) is 42.7 Å². The van der Waals surface area contributed by atoms with Gasteiger partial charge in [-0.1, -0.05) is 6.42 Å². The number of ether oxygens (including phenoxy) is 2.